The van der Waals surface area contributed by atoms with E-state index in [4.69, 9.17) is 28.3 Å². The van der Waals surface area contributed by atoms with Crippen LogP contribution in [0.1, 0.15) is 10.4 Å². The molecule has 0 aliphatic rings. The summed E-state index contributed by atoms with van der Waals surface area (Å²) in [4.78, 5) is 26.7. The lowest BCUT2D eigenvalue weighted by Crippen LogP contribution is -2.21. The quantitative estimate of drug-likeness (QED) is 0.801. The number of carboxylic acid groups (broad SMARTS) is 1. The molecule has 0 spiro atoms. The zero-order valence-corrected chi connectivity index (χ0v) is 11.9. The van der Waals surface area contributed by atoms with Gasteiger partial charge in [-0.2, -0.15) is 0 Å². The van der Waals surface area contributed by atoms with Crippen LogP contribution in [0.25, 0.3) is 0 Å². The van der Waals surface area contributed by atoms with Gasteiger partial charge >= 0.3 is 12.0 Å². The molecule has 0 unspecified atom stereocenters. The van der Waals surface area contributed by atoms with E-state index in [0.717, 1.165) is 0 Å². The summed E-state index contributed by atoms with van der Waals surface area (Å²) >= 11 is 11.7. The normalized spacial score (nSPS) is 10.0. The standard InChI is InChI=1S/C13H9Cl2N3O3/c14-7-1-2-9(15)10(5-7)17-13(21)18-11-6-16-4-3-8(11)12(19)20/h1-6H,(H,19,20)(H2,17,18,21). The number of carbonyl (C=O) groups is 2. The second kappa shape index (κ2) is 6.43. The molecule has 21 heavy (non-hydrogen) atoms. The van der Waals surface area contributed by atoms with Gasteiger partial charge < -0.3 is 15.7 Å². The lowest BCUT2D eigenvalue weighted by atomic mass is 10.2. The number of amides is 2. The summed E-state index contributed by atoms with van der Waals surface area (Å²) in [6.07, 6.45) is 2.56. The first-order valence-corrected chi connectivity index (χ1v) is 6.43. The number of nitrogens with zero attached hydrogens (tertiary/aromatic N) is 1. The van der Waals surface area contributed by atoms with E-state index in [-0.39, 0.29) is 11.3 Å². The summed E-state index contributed by atoms with van der Waals surface area (Å²) in [5.41, 5.74) is 0.306. The highest BCUT2D eigenvalue weighted by Gasteiger charge is 2.13. The first-order valence-electron chi connectivity index (χ1n) is 5.67. The maximum Gasteiger partial charge on any atom is 0.337 e. The number of hydrogen-bond donors (Lipinski definition) is 3. The van der Waals surface area contributed by atoms with E-state index in [1.54, 1.807) is 6.07 Å². The SMILES string of the molecule is O=C(Nc1cc(Cl)ccc1Cl)Nc1cnccc1C(=O)O. The Morgan fingerprint density at radius 1 is 1.10 bits per heavy atom. The minimum Gasteiger partial charge on any atom is -0.478 e. The van der Waals surface area contributed by atoms with Crippen molar-refractivity contribution in [3.63, 3.8) is 0 Å². The van der Waals surface area contributed by atoms with Crippen LogP contribution in [0, 0.1) is 0 Å². The van der Waals surface area contributed by atoms with E-state index in [0.29, 0.717) is 15.7 Å². The molecule has 1 aromatic carbocycles. The first kappa shape index (κ1) is 15.1. The van der Waals surface area contributed by atoms with Gasteiger partial charge in [0.05, 0.1) is 28.2 Å². The predicted octanol–water partition coefficient (Wildman–Crippen LogP) is 3.73. The monoisotopic (exact) mass is 325 g/mol. The maximum absolute atomic E-state index is 11.9. The lowest BCUT2D eigenvalue weighted by Gasteiger charge is -2.10. The summed E-state index contributed by atoms with van der Waals surface area (Å²) in [6.45, 7) is 0. The van der Waals surface area contributed by atoms with Crippen molar-refractivity contribution >= 4 is 46.6 Å². The molecule has 0 fully saturated rings. The Morgan fingerprint density at radius 2 is 1.81 bits per heavy atom. The van der Waals surface area contributed by atoms with Crippen molar-refractivity contribution in [2.45, 2.75) is 0 Å². The Labute approximate surface area is 129 Å². The van der Waals surface area contributed by atoms with Gasteiger partial charge in [-0.15, -0.1) is 0 Å². The fraction of sp³-hybridized carbons (Fsp3) is 0. The molecule has 0 radical (unpaired) electrons. The maximum atomic E-state index is 11.9. The number of rotatable bonds is 3. The van der Waals surface area contributed by atoms with Crippen LogP contribution in [-0.2, 0) is 0 Å². The van der Waals surface area contributed by atoms with Gasteiger partial charge in [-0.25, -0.2) is 9.59 Å². The zero-order chi connectivity index (χ0) is 15.4. The smallest absolute Gasteiger partial charge is 0.337 e. The highest BCUT2D eigenvalue weighted by atomic mass is 35.5. The number of hydrogen-bond acceptors (Lipinski definition) is 3. The number of carbonyl (C=O) groups excluding carboxylic acids is 1. The van der Waals surface area contributed by atoms with E-state index in [1.165, 1.54) is 30.6 Å². The minimum atomic E-state index is -1.17. The van der Waals surface area contributed by atoms with Crippen molar-refractivity contribution in [3.05, 3.63) is 52.3 Å². The molecule has 3 N–H and O–H groups in total. The second-order valence-corrected chi connectivity index (χ2v) is 4.77. The molecule has 2 rings (SSSR count). The van der Waals surface area contributed by atoms with Gasteiger partial charge in [-0.3, -0.25) is 4.98 Å². The van der Waals surface area contributed by atoms with Gasteiger partial charge in [-0.05, 0) is 24.3 Å². The number of nitrogens with one attached hydrogen (secondary N) is 2. The number of aromatic carboxylic acids is 1. The van der Waals surface area contributed by atoms with Crippen molar-refractivity contribution < 1.29 is 14.7 Å². The molecule has 1 heterocycles. The third kappa shape index (κ3) is 3.84. The van der Waals surface area contributed by atoms with Gasteiger partial charge in [0.1, 0.15) is 0 Å². The molecular formula is C13H9Cl2N3O3. The average molecular weight is 326 g/mol. The molecule has 8 heteroatoms. The highest BCUT2D eigenvalue weighted by Crippen LogP contribution is 2.25. The van der Waals surface area contributed by atoms with E-state index < -0.39 is 12.0 Å². The van der Waals surface area contributed by atoms with Crippen molar-refractivity contribution in [2.24, 2.45) is 0 Å². The van der Waals surface area contributed by atoms with Crippen LogP contribution in [0.3, 0.4) is 0 Å². The largest absolute Gasteiger partial charge is 0.478 e. The van der Waals surface area contributed by atoms with E-state index >= 15 is 0 Å². The van der Waals surface area contributed by atoms with Crippen molar-refractivity contribution in [1.82, 2.24) is 4.98 Å². The summed E-state index contributed by atoms with van der Waals surface area (Å²) in [6, 6.07) is 5.22. The van der Waals surface area contributed by atoms with Gasteiger partial charge in [-0.1, -0.05) is 23.2 Å². The van der Waals surface area contributed by atoms with E-state index in [2.05, 4.69) is 15.6 Å². The van der Waals surface area contributed by atoms with Crippen LogP contribution in [0.2, 0.25) is 10.0 Å². The van der Waals surface area contributed by atoms with Crippen LogP contribution < -0.4 is 10.6 Å². The molecular weight excluding hydrogens is 317 g/mol. The number of halogens is 2. The Bertz CT molecular complexity index is 707. The summed E-state index contributed by atoms with van der Waals surface area (Å²) in [5.74, 6) is -1.17. The Kier molecular flexibility index (Phi) is 4.62. The van der Waals surface area contributed by atoms with Crippen LogP contribution >= 0.6 is 23.2 Å². The number of anilines is 2. The molecule has 0 saturated heterocycles. The molecule has 0 aliphatic heterocycles. The van der Waals surface area contributed by atoms with Crippen LogP contribution in [-0.4, -0.2) is 22.1 Å². The molecule has 108 valence electrons. The number of carboxylic acids is 1. The van der Waals surface area contributed by atoms with Crippen molar-refractivity contribution in [1.29, 1.82) is 0 Å². The Morgan fingerprint density at radius 3 is 2.52 bits per heavy atom. The Balaban J connectivity index is 2.16. The minimum absolute atomic E-state index is 0.0700. The fourth-order valence-corrected chi connectivity index (χ4v) is 1.89. The molecule has 0 bridgehead atoms. The number of pyridine rings is 1. The predicted molar refractivity (Wildman–Crippen MR) is 80.3 cm³/mol. The molecule has 0 aliphatic carbocycles. The molecule has 1 aromatic heterocycles. The first-order chi connectivity index (χ1) is 9.97. The molecule has 6 nitrogen and oxygen atoms in total. The van der Waals surface area contributed by atoms with Crippen LogP contribution in [0.5, 0.6) is 0 Å². The highest BCUT2D eigenvalue weighted by molar-refractivity contribution is 6.35. The van der Waals surface area contributed by atoms with Crippen LogP contribution in [0.15, 0.2) is 36.7 Å². The molecule has 0 atom stereocenters. The molecule has 2 aromatic rings. The third-order valence-electron chi connectivity index (χ3n) is 2.48. The van der Waals surface area contributed by atoms with E-state index in [9.17, 15) is 9.59 Å². The van der Waals surface area contributed by atoms with Gasteiger partial charge in [0, 0.05) is 11.2 Å². The number of aromatic nitrogens is 1. The van der Waals surface area contributed by atoms with E-state index in [1.807, 2.05) is 0 Å². The summed E-state index contributed by atoms with van der Waals surface area (Å²) < 4.78 is 0. The zero-order valence-electron chi connectivity index (χ0n) is 10.4. The van der Waals surface area contributed by atoms with Gasteiger partial charge in [0.15, 0.2) is 0 Å². The lowest BCUT2D eigenvalue weighted by molar-refractivity contribution is 0.0698. The number of urea groups is 1. The van der Waals surface area contributed by atoms with Gasteiger partial charge in [0.25, 0.3) is 0 Å². The summed E-state index contributed by atoms with van der Waals surface area (Å²) in [5, 5.41) is 14.6. The fourth-order valence-electron chi connectivity index (χ4n) is 1.55. The summed E-state index contributed by atoms with van der Waals surface area (Å²) in [7, 11) is 0. The van der Waals surface area contributed by atoms with Crippen molar-refractivity contribution in [2.75, 3.05) is 10.6 Å². The average Bonchev–Trinajstić information content (AvgIpc) is 2.43. The van der Waals surface area contributed by atoms with Crippen LogP contribution in [0.4, 0.5) is 16.2 Å². The third-order valence-corrected chi connectivity index (χ3v) is 3.04. The topological polar surface area (TPSA) is 91.3 Å². The van der Waals surface area contributed by atoms with Gasteiger partial charge in [0.2, 0.25) is 0 Å². The van der Waals surface area contributed by atoms with Crippen molar-refractivity contribution in [3.8, 4) is 0 Å². The molecule has 2 amide bonds. The Hall–Kier alpha value is -2.31. The molecule has 0 saturated carbocycles. The number of benzene rings is 1. The second-order valence-electron chi connectivity index (χ2n) is 3.93.